The van der Waals surface area contributed by atoms with Gasteiger partial charge in [0.25, 0.3) is 0 Å². The average Bonchev–Trinajstić information content (AvgIpc) is 3.01. The zero-order valence-corrected chi connectivity index (χ0v) is 14.7. The number of nitrogens with zero attached hydrogens (tertiary/aromatic N) is 1. The maximum atomic E-state index is 13.2. The van der Waals surface area contributed by atoms with Crippen LogP contribution in [0.3, 0.4) is 0 Å². The maximum Gasteiger partial charge on any atom is 0.246 e. The lowest BCUT2D eigenvalue weighted by Gasteiger charge is -2.26. The van der Waals surface area contributed by atoms with E-state index in [4.69, 9.17) is 4.74 Å². The zero-order valence-electron chi connectivity index (χ0n) is 13.8. The fraction of sp³-hybridized carbons (Fsp3) is 0.263. The van der Waals surface area contributed by atoms with Crippen molar-refractivity contribution in [3.63, 3.8) is 0 Å². The molecule has 0 bridgehead atoms. The Morgan fingerprint density at radius 1 is 1.04 bits per heavy atom. The second-order valence-corrected chi connectivity index (χ2v) is 7.89. The molecule has 1 heterocycles. The summed E-state index contributed by atoms with van der Waals surface area (Å²) in [6.07, 6.45) is 0.986. The minimum absolute atomic E-state index is 0.266. The number of aryl methyl sites for hydroxylation is 2. The van der Waals surface area contributed by atoms with Gasteiger partial charge < -0.3 is 4.74 Å². The van der Waals surface area contributed by atoms with Crippen LogP contribution in [-0.4, -0.2) is 25.4 Å². The van der Waals surface area contributed by atoms with Crippen molar-refractivity contribution in [2.24, 2.45) is 0 Å². The summed E-state index contributed by atoms with van der Waals surface area (Å²) in [5.74, 6) is 0. The van der Waals surface area contributed by atoms with Gasteiger partial charge in [-0.15, -0.1) is 6.58 Å². The van der Waals surface area contributed by atoms with Crippen LogP contribution in [-0.2, 0) is 14.8 Å². The van der Waals surface area contributed by atoms with Crippen LogP contribution >= 0.6 is 0 Å². The molecule has 5 heteroatoms. The smallest absolute Gasteiger partial charge is 0.246 e. The Morgan fingerprint density at radius 2 is 1.58 bits per heavy atom. The van der Waals surface area contributed by atoms with Crippen LogP contribution < -0.4 is 0 Å². The number of sulfonamides is 1. The summed E-state index contributed by atoms with van der Waals surface area (Å²) in [5.41, 5.74) is 2.95. The predicted octanol–water partition coefficient (Wildman–Crippen LogP) is 3.58. The molecule has 3 rings (SSSR count). The third-order valence-electron chi connectivity index (χ3n) is 4.21. The Morgan fingerprint density at radius 3 is 2.12 bits per heavy atom. The first-order chi connectivity index (χ1) is 11.4. The van der Waals surface area contributed by atoms with Gasteiger partial charge in [0.15, 0.2) is 6.23 Å². The van der Waals surface area contributed by atoms with E-state index in [1.54, 1.807) is 30.3 Å². The van der Waals surface area contributed by atoms with E-state index in [2.05, 4.69) is 6.58 Å². The molecule has 1 saturated heterocycles. The van der Waals surface area contributed by atoms with Crippen LogP contribution in [0, 0.1) is 13.8 Å². The van der Waals surface area contributed by atoms with Crippen LogP contribution in [0.25, 0.3) is 0 Å². The first kappa shape index (κ1) is 16.9. The number of hydrogen-bond donors (Lipinski definition) is 0. The van der Waals surface area contributed by atoms with Gasteiger partial charge in [-0.3, -0.25) is 0 Å². The number of rotatable bonds is 4. The lowest BCUT2D eigenvalue weighted by molar-refractivity contribution is 0.0682. The van der Waals surface area contributed by atoms with Crippen LogP contribution in [0.15, 0.2) is 66.1 Å². The topological polar surface area (TPSA) is 46.6 Å². The number of hydrogen-bond acceptors (Lipinski definition) is 3. The Balaban J connectivity index is 2.04. The largest absolute Gasteiger partial charge is 0.356 e. The van der Waals surface area contributed by atoms with Crippen molar-refractivity contribution in [3.05, 3.63) is 77.9 Å². The maximum absolute atomic E-state index is 13.2. The Labute approximate surface area is 143 Å². The van der Waals surface area contributed by atoms with E-state index in [-0.39, 0.29) is 10.9 Å². The quantitative estimate of drug-likeness (QED) is 0.797. The SMILES string of the molecule is C=CC1COC(c2ccc(C)cc2)N1S(=O)(=O)c1ccc(C)cc1. The van der Waals surface area contributed by atoms with Gasteiger partial charge in [-0.05, 0) is 31.5 Å². The Hall–Kier alpha value is -1.95. The van der Waals surface area contributed by atoms with E-state index in [0.717, 1.165) is 16.7 Å². The van der Waals surface area contributed by atoms with Crippen molar-refractivity contribution < 1.29 is 13.2 Å². The molecule has 0 aliphatic carbocycles. The fourth-order valence-corrected chi connectivity index (χ4v) is 4.45. The van der Waals surface area contributed by atoms with Crippen molar-refractivity contribution >= 4 is 10.0 Å². The minimum atomic E-state index is -3.69. The molecule has 0 spiro atoms. The van der Waals surface area contributed by atoms with E-state index in [0.29, 0.717) is 6.61 Å². The van der Waals surface area contributed by atoms with Gasteiger partial charge in [-0.2, -0.15) is 4.31 Å². The van der Waals surface area contributed by atoms with E-state index < -0.39 is 16.3 Å². The molecule has 0 amide bonds. The van der Waals surface area contributed by atoms with Crippen LogP contribution in [0.1, 0.15) is 22.9 Å². The molecule has 0 radical (unpaired) electrons. The highest BCUT2D eigenvalue weighted by molar-refractivity contribution is 7.89. The summed E-state index contributed by atoms with van der Waals surface area (Å²) in [6, 6.07) is 14.2. The van der Waals surface area contributed by atoms with Gasteiger partial charge in [-0.1, -0.05) is 53.6 Å². The summed E-state index contributed by atoms with van der Waals surface area (Å²) < 4.78 is 33.5. The molecule has 2 unspecified atom stereocenters. The molecular formula is C19H21NO3S. The average molecular weight is 343 g/mol. The highest BCUT2D eigenvalue weighted by Crippen LogP contribution is 2.36. The molecule has 1 fully saturated rings. The molecular weight excluding hydrogens is 322 g/mol. The Kier molecular flexibility index (Phi) is 4.58. The fourth-order valence-electron chi connectivity index (χ4n) is 2.79. The lowest BCUT2D eigenvalue weighted by atomic mass is 10.1. The van der Waals surface area contributed by atoms with Crippen molar-refractivity contribution in [3.8, 4) is 0 Å². The van der Waals surface area contributed by atoms with Crippen molar-refractivity contribution in [1.29, 1.82) is 0 Å². The molecule has 0 aromatic heterocycles. The Bertz CT molecular complexity index is 826. The molecule has 4 nitrogen and oxygen atoms in total. The van der Waals surface area contributed by atoms with Crippen LogP contribution in [0.5, 0.6) is 0 Å². The molecule has 24 heavy (non-hydrogen) atoms. The summed E-state index contributed by atoms with van der Waals surface area (Å²) in [6.45, 7) is 7.99. The number of benzene rings is 2. The summed E-state index contributed by atoms with van der Waals surface area (Å²) in [7, 11) is -3.69. The van der Waals surface area contributed by atoms with Crippen LogP contribution in [0.2, 0.25) is 0 Å². The summed E-state index contributed by atoms with van der Waals surface area (Å²) >= 11 is 0. The van der Waals surface area contributed by atoms with Gasteiger partial charge >= 0.3 is 0 Å². The molecule has 2 atom stereocenters. The molecule has 0 N–H and O–H groups in total. The minimum Gasteiger partial charge on any atom is -0.356 e. The third kappa shape index (κ3) is 3.02. The molecule has 2 aromatic carbocycles. The lowest BCUT2D eigenvalue weighted by Crippen LogP contribution is -2.37. The third-order valence-corrected chi connectivity index (χ3v) is 6.10. The molecule has 1 aliphatic rings. The predicted molar refractivity (Wildman–Crippen MR) is 94.1 cm³/mol. The standard InChI is InChI=1S/C19H21NO3S/c1-4-17-13-23-19(16-9-5-14(2)6-10-16)20(17)24(21,22)18-11-7-15(3)8-12-18/h4-12,17,19H,1,13H2,2-3H3. The first-order valence-electron chi connectivity index (χ1n) is 7.84. The zero-order chi connectivity index (χ0) is 17.3. The van der Waals surface area contributed by atoms with Gasteiger partial charge in [0.05, 0.1) is 17.5 Å². The monoisotopic (exact) mass is 343 g/mol. The second-order valence-electron chi connectivity index (χ2n) is 6.05. The van der Waals surface area contributed by atoms with Gasteiger partial charge in [0.1, 0.15) is 0 Å². The van der Waals surface area contributed by atoms with Gasteiger partial charge in [0, 0.05) is 0 Å². The van der Waals surface area contributed by atoms with Crippen molar-refractivity contribution in [2.45, 2.75) is 31.0 Å². The number of ether oxygens (including phenoxy) is 1. The summed E-state index contributed by atoms with van der Waals surface area (Å²) in [5, 5.41) is 0. The van der Waals surface area contributed by atoms with Gasteiger partial charge in [-0.25, -0.2) is 8.42 Å². The van der Waals surface area contributed by atoms with Gasteiger partial charge in [0.2, 0.25) is 10.0 Å². The van der Waals surface area contributed by atoms with E-state index in [1.165, 1.54) is 4.31 Å². The molecule has 126 valence electrons. The molecule has 1 aliphatic heterocycles. The first-order valence-corrected chi connectivity index (χ1v) is 9.28. The van der Waals surface area contributed by atoms with Crippen molar-refractivity contribution in [1.82, 2.24) is 4.31 Å². The van der Waals surface area contributed by atoms with E-state index in [9.17, 15) is 8.42 Å². The van der Waals surface area contributed by atoms with Crippen molar-refractivity contribution in [2.75, 3.05) is 6.61 Å². The highest BCUT2D eigenvalue weighted by Gasteiger charge is 2.42. The van der Waals surface area contributed by atoms with E-state index >= 15 is 0 Å². The van der Waals surface area contributed by atoms with Crippen LogP contribution in [0.4, 0.5) is 0 Å². The molecule has 2 aromatic rings. The highest BCUT2D eigenvalue weighted by atomic mass is 32.2. The van der Waals surface area contributed by atoms with E-state index in [1.807, 2.05) is 38.1 Å². The normalized spacial score (nSPS) is 21.8. The molecule has 0 saturated carbocycles. The summed E-state index contributed by atoms with van der Waals surface area (Å²) in [4.78, 5) is 0.266. The second kappa shape index (κ2) is 6.51.